The number of carbonyl (C=O) groups is 2. The van der Waals surface area contributed by atoms with Crippen molar-refractivity contribution in [1.29, 1.82) is 0 Å². The van der Waals surface area contributed by atoms with Crippen LogP contribution in [-0.4, -0.2) is 88.3 Å². The first-order valence-electron chi connectivity index (χ1n) is 12.8. The molecule has 212 valence electrons. The molecule has 0 spiro atoms. The predicted molar refractivity (Wildman–Crippen MR) is 152 cm³/mol. The zero-order valence-corrected chi connectivity index (χ0v) is 23.7. The van der Waals surface area contributed by atoms with Crippen molar-refractivity contribution in [2.75, 3.05) is 59.3 Å². The van der Waals surface area contributed by atoms with Crippen molar-refractivity contribution < 1.29 is 27.5 Å². The number of carbonyl (C=O) groups excluding carboxylic acids is 2. The first-order valence-corrected chi connectivity index (χ1v) is 14.3. The van der Waals surface area contributed by atoms with Crippen LogP contribution >= 0.6 is 0 Å². The van der Waals surface area contributed by atoms with Gasteiger partial charge in [0.25, 0.3) is 5.91 Å². The van der Waals surface area contributed by atoms with Crippen molar-refractivity contribution in [2.24, 2.45) is 0 Å². The van der Waals surface area contributed by atoms with Gasteiger partial charge in [-0.1, -0.05) is 30.3 Å². The van der Waals surface area contributed by atoms with Gasteiger partial charge in [-0.15, -0.1) is 0 Å². The van der Waals surface area contributed by atoms with Gasteiger partial charge in [0.1, 0.15) is 0 Å². The van der Waals surface area contributed by atoms with Gasteiger partial charge in [-0.25, -0.2) is 8.42 Å². The summed E-state index contributed by atoms with van der Waals surface area (Å²) < 4.78 is 39.0. The Hall–Kier alpha value is -3.93. The molecule has 1 aliphatic heterocycles. The molecule has 0 saturated carbocycles. The number of piperazine rings is 1. The van der Waals surface area contributed by atoms with Crippen LogP contribution in [-0.2, 0) is 21.4 Å². The van der Waals surface area contributed by atoms with E-state index >= 15 is 0 Å². The third-order valence-corrected chi connectivity index (χ3v) is 8.51. The van der Waals surface area contributed by atoms with Crippen LogP contribution in [0.5, 0.6) is 11.5 Å². The van der Waals surface area contributed by atoms with Crippen molar-refractivity contribution in [3.05, 3.63) is 83.9 Å². The molecule has 0 aromatic heterocycles. The minimum atomic E-state index is -4.10. The summed E-state index contributed by atoms with van der Waals surface area (Å²) in [6.07, 6.45) is 0. The first-order chi connectivity index (χ1) is 19.2. The predicted octanol–water partition coefficient (Wildman–Crippen LogP) is 2.92. The second-order valence-corrected chi connectivity index (χ2v) is 11.4. The highest BCUT2D eigenvalue weighted by molar-refractivity contribution is 7.89. The van der Waals surface area contributed by atoms with Crippen molar-refractivity contribution in [3.63, 3.8) is 0 Å². The molecule has 11 heteroatoms. The molecule has 2 amide bonds. The number of sulfonamides is 1. The highest BCUT2D eigenvalue weighted by atomic mass is 32.2. The van der Waals surface area contributed by atoms with Gasteiger partial charge in [-0.05, 0) is 49.0 Å². The number of ether oxygens (including phenoxy) is 2. The Kier molecular flexibility index (Phi) is 9.41. The smallest absolute Gasteiger partial charge is 0.253 e. The minimum absolute atomic E-state index is 0.0105. The lowest BCUT2D eigenvalue weighted by Gasteiger charge is -2.32. The van der Waals surface area contributed by atoms with Crippen molar-refractivity contribution >= 4 is 27.5 Å². The van der Waals surface area contributed by atoms with Gasteiger partial charge in [-0.2, -0.15) is 4.31 Å². The van der Waals surface area contributed by atoms with E-state index in [9.17, 15) is 18.0 Å². The second kappa shape index (κ2) is 12.9. The number of likely N-dealkylation sites (N-methyl/N-ethyl adjacent to an activating group) is 1. The fourth-order valence-electron chi connectivity index (χ4n) is 4.39. The van der Waals surface area contributed by atoms with E-state index in [2.05, 4.69) is 10.2 Å². The van der Waals surface area contributed by atoms with Crippen molar-refractivity contribution in [1.82, 2.24) is 14.1 Å². The molecule has 1 aliphatic rings. The number of hydrogen-bond acceptors (Lipinski definition) is 7. The van der Waals surface area contributed by atoms with Crippen molar-refractivity contribution in [3.8, 4) is 11.5 Å². The van der Waals surface area contributed by atoms with Crippen LogP contribution in [0.2, 0.25) is 0 Å². The Balaban J connectivity index is 1.50. The molecule has 1 saturated heterocycles. The first kappa shape index (κ1) is 29.1. The Morgan fingerprint density at radius 2 is 1.52 bits per heavy atom. The average Bonchev–Trinajstić information content (AvgIpc) is 2.97. The Morgan fingerprint density at radius 3 is 2.15 bits per heavy atom. The van der Waals surface area contributed by atoms with Crippen LogP contribution in [0.3, 0.4) is 0 Å². The second-order valence-electron chi connectivity index (χ2n) is 9.50. The molecule has 1 N–H and O–H groups in total. The van der Waals surface area contributed by atoms with Crippen molar-refractivity contribution in [2.45, 2.75) is 11.4 Å². The highest BCUT2D eigenvalue weighted by Crippen LogP contribution is 2.31. The molecule has 0 radical (unpaired) electrons. The monoisotopic (exact) mass is 566 g/mol. The van der Waals surface area contributed by atoms with E-state index < -0.39 is 22.5 Å². The molecule has 1 heterocycles. The lowest BCUT2D eigenvalue weighted by molar-refractivity contribution is -0.116. The van der Waals surface area contributed by atoms with Gasteiger partial charge in [0.05, 0.1) is 25.7 Å². The lowest BCUT2D eigenvalue weighted by atomic mass is 10.1. The van der Waals surface area contributed by atoms with E-state index in [4.69, 9.17) is 9.47 Å². The summed E-state index contributed by atoms with van der Waals surface area (Å²) in [5.41, 5.74) is 1.72. The van der Waals surface area contributed by atoms with Gasteiger partial charge in [0.2, 0.25) is 15.9 Å². The summed E-state index contributed by atoms with van der Waals surface area (Å²) in [5.74, 6) is 0.0846. The Labute approximate surface area is 235 Å². The molecule has 10 nitrogen and oxygen atoms in total. The standard InChI is InChI=1S/C29H34N4O6S/c1-31-15-17-32(18-16-31)29(35)23-9-11-24(12-10-23)30-28(34)21-33(20-22-7-5-4-6-8-22)40(36,37)25-13-14-26(38-2)27(19-25)39-3/h4-14,19H,15-18,20-21H2,1-3H3,(H,30,34). The molecule has 1 fully saturated rings. The molecule has 0 bridgehead atoms. The van der Waals surface area contributed by atoms with Gasteiger partial charge in [0, 0.05) is 50.0 Å². The fourth-order valence-corrected chi connectivity index (χ4v) is 5.79. The number of amides is 2. The van der Waals surface area contributed by atoms with Gasteiger partial charge in [0.15, 0.2) is 11.5 Å². The largest absolute Gasteiger partial charge is 0.493 e. The number of rotatable bonds is 10. The van der Waals surface area contributed by atoms with E-state index in [-0.39, 0.29) is 23.1 Å². The van der Waals surface area contributed by atoms with E-state index in [1.807, 2.05) is 30.1 Å². The van der Waals surface area contributed by atoms with Crippen LogP contribution in [0.25, 0.3) is 0 Å². The van der Waals surface area contributed by atoms with Gasteiger partial charge in [-0.3, -0.25) is 9.59 Å². The molecule has 3 aromatic carbocycles. The molecule has 3 aromatic rings. The molecular weight excluding hydrogens is 532 g/mol. The summed E-state index contributed by atoms with van der Waals surface area (Å²) in [6, 6.07) is 20.0. The summed E-state index contributed by atoms with van der Waals surface area (Å²) in [5, 5.41) is 2.75. The highest BCUT2D eigenvalue weighted by Gasteiger charge is 2.28. The van der Waals surface area contributed by atoms with E-state index in [0.29, 0.717) is 30.1 Å². The van der Waals surface area contributed by atoms with Crippen LogP contribution in [0.15, 0.2) is 77.7 Å². The zero-order valence-electron chi connectivity index (χ0n) is 22.9. The quantitative estimate of drug-likeness (QED) is 0.402. The lowest BCUT2D eigenvalue weighted by Crippen LogP contribution is -2.47. The Bertz CT molecular complexity index is 1420. The molecule has 0 unspecified atom stereocenters. The normalized spacial score (nSPS) is 14.2. The van der Waals surface area contributed by atoms with E-state index in [1.165, 1.54) is 32.4 Å². The summed E-state index contributed by atoms with van der Waals surface area (Å²) >= 11 is 0. The number of methoxy groups -OCH3 is 2. The van der Waals surface area contributed by atoms with Gasteiger partial charge >= 0.3 is 0 Å². The number of nitrogens with one attached hydrogen (secondary N) is 1. The molecule has 4 rings (SSSR count). The van der Waals surface area contributed by atoms with Crippen LogP contribution < -0.4 is 14.8 Å². The van der Waals surface area contributed by atoms with Crippen LogP contribution in [0, 0.1) is 0 Å². The number of nitrogens with zero attached hydrogens (tertiary/aromatic N) is 3. The fraction of sp³-hybridized carbons (Fsp3) is 0.310. The maximum absolute atomic E-state index is 13.7. The van der Waals surface area contributed by atoms with Crippen LogP contribution in [0.1, 0.15) is 15.9 Å². The SMILES string of the molecule is COc1ccc(S(=O)(=O)N(CC(=O)Nc2ccc(C(=O)N3CCN(C)CC3)cc2)Cc2ccccc2)cc1OC. The average molecular weight is 567 g/mol. The molecule has 0 atom stereocenters. The number of anilines is 1. The molecule has 40 heavy (non-hydrogen) atoms. The third kappa shape index (κ3) is 6.98. The minimum Gasteiger partial charge on any atom is -0.493 e. The Morgan fingerprint density at radius 1 is 0.875 bits per heavy atom. The van der Waals surface area contributed by atoms with E-state index in [0.717, 1.165) is 23.0 Å². The summed E-state index contributed by atoms with van der Waals surface area (Å²) in [4.78, 5) is 29.9. The third-order valence-electron chi connectivity index (χ3n) is 6.72. The summed E-state index contributed by atoms with van der Waals surface area (Å²) in [6.45, 7) is 2.55. The van der Waals surface area contributed by atoms with E-state index in [1.54, 1.807) is 36.4 Å². The zero-order chi connectivity index (χ0) is 28.7. The topological polar surface area (TPSA) is 108 Å². The van der Waals surface area contributed by atoms with Gasteiger partial charge < -0.3 is 24.6 Å². The van der Waals surface area contributed by atoms with Crippen LogP contribution in [0.4, 0.5) is 5.69 Å². The molecular formula is C29H34N4O6S. The summed E-state index contributed by atoms with van der Waals surface area (Å²) in [7, 11) is 0.821. The maximum atomic E-state index is 13.7. The molecule has 0 aliphatic carbocycles. The number of hydrogen-bond donors (Lipinski definition) is 1. The maximum Gasteiger partial charge on any atom is 0.253 e. The number of benzene rings is 3.